The maximum absolute atomic E-state index is 12.9. The Morgan fingerprint density at radius 1 is 1.21 bits per heavy atom. The normalized spacial score (nSPS) is 11.6. The molecule has 100 valence electrons. The Labute approximate surface area is 109 Å². The summed E-state index contributed by atoms with van der Waals surface area (Å²) in [6, 6.07) is 8.01. The summed E-state index contributed by atoms with van der Waals surface area (Å²) in [7, 11) is 1.79. The zero-order chi connectivity index (χ0) is 13.9. The van der Waals surface area contributed by atoms with Crippen molar-refractivity contribution in [1.29, 1.82) is 0 Å². The summed E-state index contributed by atoms with van der Waals surface area (Å²) in [6.45, 7) is 0.607. The second-order valence-electron chi connectivity index (χ2n) is 4.15. The maximum atomic E-state index is 12.9. The molecule has 0 radical (unpaired) electrons. The van der Waals surface area contributed by atoms with Crippen molar-refractivity contribution in [3.05, 3.63) is 53.9 Å². The quantitative estimate of drug-likeness (QED) is 0.919. The van der Waals surface area contributed by atoms with Gasteiger partial charge in [-0.2, -0.15) is 13.2 Å². The fourth-order valence-electron chi connectivity index (χ4n) is 1.92. The molecule has 0 aliphatic carbocycles. The highest BCUT2D eigenvalue weighted by atomic mass is 19.4. The highest BCUT2D eigenvalue weighted by Gasteiger charge is 2.33. The van der Waals surface area contributed by atoms with E-state index in [1.165, 1.54) is 6.20 Å². The Morgan fingerprint density at radius 3 is 2.68 bits per heavy atom. The van der Waals surface area contributed by atoms with Crippen LogP contribution in [0.5, 0.6) is 0 Å². The number of hydrogen-bond acceptors (Lipinski definition) is 2. The molecule has 1 aromatic heterocycles. The van der Waals surface area contributed by atoms with Crippen LogP contribution in [-0.4, -0.2) is 12.0 Å². The molecule has 0 bridgehead atoms. The number of nitrogens with one attached hydrogen (secondary N) is 1. The number of alkyl halides is 3. The van der Waals surface area contributed by atoms with Gasteiger partial charge in [0, 0.05) is 24.5 Å². The molecular formula is C14H13F3N2. The number of benzene rings is 1. The van der Waals surface area contributed by atoms with Crippen LogP contribution in [0.15, 0.2) is 42.7 Å². The molecule has 2 rings (SSSR count). The third-order valence-electron chi connectivity index (χ3n) is 2.75. The summed E-state index contributed by atoms with van der Waals surface area (Å²) < 4.78 is 38.8. The SMILES string of the molecule is CNCc1cccc(-c2cnccc2C(F)(F)F)c1. The van der Waals surface area contributed by atoms with Crippen molar-refractivity contribution in [2.75, 3.05) is 7.05 Å². The minimum Gasteiger partial charge on any atom is -0.316 e. The number of rotatable bonds is 3. The number of halogens is 3. The third kappa shape index (κ3) is 3.12. The molecule has 2 aromatic rings. The van der Waals surface area contributed by atoms with Gasteiger partial charge in [0.25, 0.3) is 0 Å². The molecule has 0 unspecified atom stereocenters. The molecule has 0 spiro atoms. The van der Waals surface area contributed by atoms with E-state index >= 15 is 0 Å². The molecule has 0 atom stereocenters. The Bertz CT molecular complexity index is 565. The Balaban J connectivity index is 2.50. The fraction of sp³-hybridized carbons (Fsp3) is 0.214. The molecule has 19 heavy (non-hydrogen) atoms. The molecule has 0 fully saturated rings. The van der Waals surface area contributed by atoms with Gasteiger partial charge in [0.2, 0.25) is 0 Å². The summed E-state index contributed by atoms with van der Waals surface area (Å²) in [5.41, 5.74) is 0.891. The van der Waals surface area contributed by atoms with Gasteiger partial charge in [0.1, 0.15) is 0 Å². The van der Waals surface area contributed by atoms with Gasteiger partial charge in [-0.15, -0.1) is 0 Å². The minimum atomic E-state index is -4.38. The van der Waals surface area contributed by atoms with Gasteiger partial charge >= 0.3 is 6.18 Å². The van der Waals surface area contributed by atoms with Crippen molar-refractivity contribution in [2.45, 2.75) is 12.7 Å². The average Bonchev–Trinajstić information content (AvgIpc) is 2.38. The summed E-state index contributed by atoms with van der Waals surface area (Å²) in [5.74, 6) is 0. The van der Waals surface area contributed by atoms with E-state index in [1.807, 2.05) is 6.07 Å². The van der Waals surface area contributed by atoms with Gasteiger partial charge in [-0.3, -0.25) is 4.98 Å². The van der Waals surface area contributed by atoms with E-state index in [0.29, 0.717) is 12.1 Å². The number of nitrogens with zero attached hydrogens (tertiary/aromatic N) is 1. The van der Waals surface area contributed by atoms with Crippen molar-refractivity contribution < 1.29 is 13.2 Å². The summed E-state index contributed by atoms with van der Waals surface area (Å²) in [6.07, 6.45) is -1.97. The van der Waals surface area contributed by atoms with Gasteiger partial charge in [0.15, 0.2) is 0 Å². The molecular weight excluding hydrogens is 253 g/mol. The minimum absolute atomic E-state index is 0.105. The number of hydrogen-bond donors (Lipinski definition) is 1. The van der Waals surface area contributed by atoms with Gasteiger partial charge in [-0.05, 0) is 30.3 Å². The lowest BCUT2D eigenvalue weighted by Gasteiger charge is -2.13. The van der Waals surface area contributed by atoms with Gasteiger partial charge in [-0.25, -0.2) is 0 Å². The van der Waals surface area contributed by atoms with Crippen molar-refractivity contribution in [1.82, 2.24) is 10.3 Å². The Hall–Kier alpha value is -1.88. The van der Waals surface area contributed by atoms with Crippen molar-refractivity contribution in [3.8, 4) is 11.1 Å². The number of aromatic nitrogens is 1. The van der Waals surface area contributed by atoms with E-state index in [0.717, 1.165) is 17.8 Å². The van der Waals surface area contributed by atoms with Crippen LogP contribution in [0.4, 0.5) is 13.2 Å². The van der Waals surface area contributed by atoms with Crippen LogP contribution in [0, 0.1) is 0 Å². The fourth-order valence-corrected chi connectivity index (χ4v) is 1.92. The monoisotopic (exact) mass is 266 g/mol. The first-order valence-corrected chi connectivity index (χ1v) is 5.77. The van der Waals surface area contributed by atoms with Crippen LogP contribution >= 0.6 is 0 Å². The molecule has 0 aliphatic rings. The lowest BCUT2D eigenvalue weighted by atomic mass is 10.00. The highest BCUT2D eigenvalue weighted by molar-refractivity contribution is 5.67. The molecule has 0 aliphatic heterocycles. The Kier molecular flexibility index (Phi) is 3.85. The molecule has 0 saturated heterocycles. The van der Waals surface area contributed by atoms with Crippen LogP contribution in [0.25, 0.3) is 11.1 Å². The largest absolute Gasteiger partial charge is 0.417 e. The van der Waals surface area contributed by atoms with Crippen molar-refractivity contribution in [2.24, 2.45) is 0 Å². The van der Waals surface area contributed by atoms with Crippen molar-refractivity contribution >= 4 is 0 Å². The maximum Gasteiger partial charge on any atom is 0.417 e. The van der Waals surface area contributed by atoms with Gasteiger partial charge in [-0.1, -0.05) is 18.2 Å². The zero-order valence-corrected chi connectivity index (χ0v) is 10.3. The lowest BCUT2D eigenvalue weighted by Crippen LogP contribution is -2.08. The smallest absolute Gasteiger partial charge is 0.316 e. The number of pyridine rings is 1. The van der Waals surface area contributed by atoms with Crippen LogP contribution in [0.2, 0.25) is 0 Å². The predicted octanol–water partition coefficient (Wildman–Crippen LogP) is 3.49. The predicted molar refractivity (Wildman–Crippen MR) is 67.4 cm³/mol. The van der Waals surface area contributed by atoms with E-state index < -0.39 is 11.7 Å². The first-order valence-electron chi connectivity index (χ1n) is 5.77. The summed E-state index contributed by atoms with van der Waals surface area (Å²) >= 11 is 0. The van der Waals surface area contributed by atoms with Crippen molar-refractivity contribution in [3.63, 3.8) is 0 Å². The van der Waals surface area contributed by atoms with E-state index in [1.54, 1.807) is 25.2 Å². The first kappa shape index (κ1) is 13.5. The summed E-state index contributed by atoms with van der Waals surface area (Å²) in [4.78, 5) is 3.80. The molecule has 1 N–H and O–H groups in total. The third-order valence-corrected chi connectivity index (χ3v) is 2.75. The van der Waals surface area contributed by atoms with Crippen LogP contribution in [0.3, 0.4) is 0 Å². The molecule has 2 nitrogen and oxygen atoms in total. The van der Waals surface area contributed by atoms with E-state index in [-0.39, 0.29) is 5.56 Å². The first-order chi connectivity index (χ1) is 9.02. The lowest BCUT2D eigenvalue weighted by molar-refractivity contribution is -0.137. The second kappa shape index (κ2) is 5.40. The molecule has 1 heterocycles. The van der Waals surface area contributed by atoms with E-state index in [2.05, 4.69) is 10.3 Å². The standard InChI is InChI=1S/C14H13F3N2/c1-18-8-10-3-2-4-11(7-10)12-9-19-6-5-13(12)14(15,16)17/h2-7,9,18H,8H2,1H3. The topological polar surface area (TPSA) is 24.9 Å². The average molecular weight is 266 g/mol. The zero-order valence-electron chi connectivity index (χ0n) is 10.3. The molecule has 5 heteroatoms. The van der Waals surface area contributed by atoms with E-state index in [9.17, 15) is 13.2 Å². The Morgan fingerprint density at radius 2 is 2.00 bits per heavy atom. The van der Waals surface area contributed by atoms with Gasteiger partial charge < -0.3 is 5.32 Å². The molecule has 0 amide bonds. The van der Waals surface area contributed by atoms with Gasteiger partial charge in [0.05, 0.1) is 5.56 Å². The summed E-state index contributed by atoms with van der Waals surface area (Å²) in [5, 5.41) is 2.97. The molecule has 1 aromatic carbocycles. The van der Waals surface area contributed by atoms with Crippen LogP contribution in [0.1, 0.15) is 11.1 Å². The van der Waals surface area contributed by atoms with Crippen LogP contribution in [-0.2, 0) is 12.7 Å². The second-order valence-corrected chi connectivity index (χ2v) is 4.15. The highest BCUT2D eigenvalue weighted by Crippen LogP contribution is 2.36. The molecule has 0 saturated carbocycles. The van der Waals surface area contributed by atoms with Crippen LogP contribution < -0.4 is 5.32 Å². The van der Waals surface area contributed by atoms with E-state index in [4.69, 9.17) is 0 Å².